The minimum atomic E-state index is -0.975. The summed E-state index contributed by atoms with van der Waals surface area (Å²) in [6, 6.07) is -0.764. The number of rotatable bonds is 2. The van der Waals surface area contributed by atoms with Crippen LogP contribution in [-0.2, 0) is 4.79 Å². The number of hydrogen-bond donors (Lipinski definition) is 2. The molecule has 0 spiro atoms. The molecule has 3 N–H and O–H groups in total. The van der Waals surface area contributed by atoms with Crippen LogP contribution >= 0.6 is 15.9 Å². The van der Waals surface area contributed by atoms with Gasteiger partial charge in [-0.3, -0.25) is 4.79 Å². The quantitative estimate of drug-likeness (QED) is 0.561. The summed E-state index contributed by atoms with van der Waals surface area (Å²) in [5.74, 6) is -0.975. The Hall–Kier alpha value is -0.0900. The summed E-state index contributed by atoms with van der Waals surface area (Å²) in [6.45, 7) is 0. The molecule has 0 radical (unpaired) electrons. The zero-order valence-electron chi connectivity index (χ0n) is 3.60. The molecule has 0 saturated carbocycles. The van der Waals surface area contributed by atoms with Crippen molar-refractivity contribution in [3.8, 4) is 0 Å². The van der Waals surface area contributed by atoms with Gasteiger partial charge in [-0.25, -0.2) is 0 Å². The Kier molecular flexibility index (Phi) is 2.95. The van der Waals surface area contributed by atoms with E-state index in [0.717, 1.165) is 0 Å². The van der Waals surface area contributed by atoms with E-state index in [-0.39, 0.29) is 0 Å². The van der Waals surface area contributed by atoms with E-state index in [1.54, 1.807) is 0 Å². The topological polar surface area (TPSA) is 63.3 Å². The fourth-order valence-corrected chi connectivity index (χ4v) is 0.343. The number of aliphatic carboxylic acids is 1. The maximum atomic E-state index is 9.78. The lowest BCUT2D eigenvalue weighted by molar-refractivity contribution is -0.137. The van der Waals surface area contributed by atoms with Gasteiger partial charge in [0.1, 0.15) is 6.04 Å². The van der Waals surface area contributed by atoms with Crippen molar-refractivity contribution >= 4 is 21.9 Å². The monoisotopic (exact) mass is 167 g/mol. The number of carboxylic acids is 1. The van der Waals surface area contributed by atoms with Crippen LogP contribution < -0.4 is 5.73 Å². The third kappa shape index (κ3) is 2.59. The summed E-state index contributed by atoms with van der Waals surface area (Å²) in [5, 5.41) is 8.33. The van der Waals surface area contributed by atoms with Crippen molar-refractivity contribution in [2.24, 2.45) is 5.73 Å². The minimum Gasteiger partial charge on any atom is -0.480 e. The molecule has 3 nitrogen and oxygen atoms in total. The molecule has 0 saturated heterocycles. The average molecular weight is 168 g/mol. The molecule has 0 aromatic rings. The number of carbonyl (C=O) groups is 1. The van der Waals surface area contributed by atoms with Crippen LogP contribution in [0.5, 0.6) is 0 Å². The maximum Gasteiger partial charge on any atom is 0.321 e. The lowest BCUT2D eigenvalue weighted by Gasteiger charge is -1.95. The SMILES string of the molecule is NC(CBr)C(=O)O. The van der Waals surface area contributed by atoms with Crippen molar-refractivity contribution in [1.82, 2.24) is 0 Å². The highest BCUT2D eigenvalue weighted by Gasteiger charge is 2.06. The van der Waals surface area contributed by atoms with Crippen molar-refractivity contribution in [1.29, 1.82) is 0 Å². The molecule has 1 atom stereocenters. The molecular formula is C3H6BrNO2. The van der Waals surface area contributed by atoms with Gasteiger partial charge in [0.25, 0.3) is 0 Å². The van der Waals surface area contributed by atoms with Crippen molar-refractivity contribution in [2.45, 2.75) is 6.04 Å². The van der Waals surface area contributed by atoms with E-state index in [4.69, 9.17) is 10.8 Å². The maximum absolute atomic E-state index is 9.78. The van der Waals surface area contributed by atoms with Gasteiger partial charge in [0, 0.05) is 5.33 Å². The standard InChI is InChI=1S/C3H6BrNO2/c4-1-2(5)3(6)7/h2H,1,5H2,(H,6,7). The third-order valence-electron chi connectivity index (χ3n) is 0.483. The molecule has 0 fully saturated rings. The van der Waals surface area contributed by atoms with Gasteiger partial charge in [0.2, 0.25) is 0 Å². The number of hydrogen-bond acceptors (Lipinski definition) is 2. The normalized spacial score (nSPS) is 13.4. The highest BCUT2D eigenvalue weighted by atomic mass is 79.9. The highest BCUT2D eigenvalue weighted by molar-refractivity contribution is 9.09. The van der Waals surface area contributed by atoms with E-state index in [9.17, 15) is 4.79 Å². The van der Waals surface area contributed by atoms with E-state index in [2.05, 4.69) is 15.9 Å². The van der Waals surface area contributed by atoms with Crippen molar-refractivity contribution in [2.75, 3.05) is 5.33 Å². The molecule has 0 rings (SSSR count). The molecule has 0 aliphatic rings. The second kappa shape index (κ2) is 2.98. The Morgan fingerprint density at radius 1 is 2.00 bits per heavy atom. The first-order valence-corrected chi connectivity index (χ1v) is 2.85. The second-order valence-corrected chi connectivity index (χ2v) is 1.75. The van der Waals surface area contributed by atoms with Gasteiger partial charge < -0.3 is 10.8 Å². The van der Waals surface area contributed by atoms with Crippen LogP contribution in [0.25, 0.3) is 0 Å². The van der Waals surface area contributed by atoms with Crippen molar-refractivity contribution < 1.29 is 9.90 Å². The van der Waals surface area contributed by atoms with Crippen LogP contribution in [0.1, 0.15) is 0 Å². The molecular weight excluding hydrogens is 162 g/mol. The highest BCUT2D eigenvalue weighted by Crippen LogP contribution is 1.84. The van der Waals surface area contributed by atoms with Gasteiger partial charge in [-0.2, -0.15) is 0 Å². The summed E-state index contributed by atoms with van der Waals surface area (Å²) in [4.78, 5) is 9.78. The molecule has 0 bridgehead atoms. The molecule has 0 aliphatic carbocycles. The molecule has 4 heteroatoms. The molecule has 0 aliphatic heterocycles. The smallest absolute Gasteiger partial charge is 0.321 e. The Balaban J connectivity index is 3.34. The van der Waals surface area contributed by atoms with Crippen LogP contribution in [0.3, 0.4) is 0 Å². The molecule has 1 unspecified atom stereocenters. The minimum absolute atomic E-state index is 0.308. The zero-order valence-corrected chi connectivity index (χ0v) is 5.18. The molecule has 0 aromatic carbocycles. The first-order valence-electron chi connectivity index (χ1n) is 1.73. The van der Waals surface area contributed by atoms with E-state index < -0.39 is 12.0 Å². The number of halogens is 1. The predicted molar refractivity (Wildman–Crippen MR) is 29.4 cm³/mol. The molecule has 0 heterocycles. The van der Waals surface area contributed by atoms with Gasteiger partial charge in [0.05, 0.1) is 0 Å². The molecule has 0 amide bonds. The van der Waals surface area contributed by atoms with E-state index >= 15 is 0 Å². The van der Waals surface area contributed by atoms with Crippen LogP contribution in [0, 0.1) is 0 Å². The van der Waals surface area contributed by atoms with Crippen LogP contribution in [0.15, 0.2) is 0 Å². The van der Waals surface area contributed by atoms with Gasteiger partial charge in [-0.05, 0) is 0 Å². The molecule has 7 heavy (non-hydrogen) atoms. The average Bonchev–Trinajstić information content (AvgIpc) is 1.65. The summed E-state index contributed by atoms with van der Waals surface area (Å²) in [6.07, 6.45) is 0. The zero-order chi connectivity index (χ0) is 5.86. The number of alkyl halides is 1. The number of carboxylic acid groups (broad SMARTS) is 1. The fraction of sp³-hybridized carbons (Fsp3) is 0.667. The number of nitrogens with two attached hydrogens (primary N) is 1. The lowest BCUT2D eigenvalue weighted by Crippen LogP contribution is -2.31. The van der Waals surface area contributed by atoms with Gasteiger partial charge in [0.15, 0.2) is 0 Å². The second-order valence-electron chi connectivity index (χ2n) is 1.10. The van der Waals surface area contributed by atoms with Crippen LogP contribution in [0.2, 0.25) is 0 Å². The van der Waals surface area contributed by atoms with Crippen LogP contribution in [-0.4, -0.2) is 22.4 Å². The van der Waals surface area contributed by atoms with Gasteiger partial charge in [-0.1, -0.05) is 15.9 Å². The van der Waals surface area contributed by atoms with E-state index in [0.29, 0.717) is 5.33 Å². The Labute approximate surface area is 49.6 Å². The lowest BCUT2D eigenvalue weighted by atomic mass is 10.4. The Morgan fingerprint density at radius 3 is 2.43 bits per heavy atom. The first-order chi connectivity index (χ1) is 3.18. The Morgan fingerprint density at radius 2 is 2.43 bits per heavy atom. The predicted octanol–water partition coefficient (Wildman–Crippen LogP) is -0.207. The van der Waals surface area contributed by atoms with Gasteiger partial charge >= 0.3 is 5.97 Å². The largest absolute Gasteiger partial charge is 0.480 e. The third-order valence-corrected chi connectivity index (χ3v) is 1.18. The molecule has 42 valence electrons. The summed E-state index contributed by atoms with van der Waals surface area (Å²) >= 11 is 2.91. The molecule has 0 aromatic heterocycles. The summed E-state index contributed by atoms with van der Waals surface area (Å²) < 4.78 is 0. The van der Waals surface area contributed by atoms with E-state index in [1.165, 1.54) is 0 Å². The van der Waals surface area contributed by atoms with Crippen molar-refractivity contribution in [3.05, 3.63) is 0 Å². The van der Waals surface area contributed by atoms with E-state index in [1.807, 2.05) is 0 Å². The first kappa shape index (κ1) is 6.91. The van der Waals surface area contributed by atoms with Gasteiger partial charge in [-0.15, -0.1) is 0 Å². The summed E-state index contributed by atoms with van der Waals surface area (Å²) in [5.41, 5.74) is 4.97. The van der Waals surface area contributed by atoms with Crippen LogP contribution in [0.4, 0.5) is 0 Å². The Bertz CT molecular complexity index is 75.3. The summed E-state index contributed by atoms with van der Waals surface area (Å²) in [7, 11) is 0. The van der Waals surface area contributed by atoms with Crippen molar-refractivity contribution in [3.63, 3.8) is 0 Å². The fourth-order valence-electron chi connectivity index (χ4n) is 0.0660.